The first-order valence-electron chi connectivity index (χ1n) is 18.4. The monoisotopic (exact) mass is 769 g/mol. The van der Waals surface area contributed by atoms with Crippen molar-refractivity contribution in [3.8, 4) is 0 Å². The van der Waals surface area contributed by atoms with Crippen LogP contribution in [0.2, 0.25) is 11.6 Å². The standard InChI is InChI=1S/C20H40O3.C14H28O4Si.C4H12O4Si/c1-6-8-10-11-12-13-15-19(20(3,21-4)22-5)16-14-18-23-17-9-7-2;1-11(2)12(15)18-13(3,4)10-14(5,6)19(9,16-7)17-8;1-5-9(6-2,7-3)8-4/h9,17,19H,6-8,10-16,18H2,1-5H3;1,10H2,2-9H3;1-4H3. The number of methoxy groups -OCH3 is 2. The van der Waals surface area contributed by atoms with Crippen LogP contribution in [0.4, 0.5) is 0 Å². The van der Waals surface area contributed by atoms with Crippen molar-refractivity contribution >= 4 is 23.6 Å². The van der Waals surface area contributed by atoms with E-state index in [2.05, 4.69) is 41.2 Å². The van der Waals surface area contributed by atoms with E-state index in [1.54, 1.807) is 35.4 Å². The number of unbranched alkanes of at least 4 members (excludes halogenated alkanes) is 5. The number of carbonyl (C=O) groups is 1. The van der Waals surface area contributed by atoms with Gasteiger partial charge < -0.3 is 45.5 Å². The highest BCUT2D eigenvalue weighted by Crippen LogP contribution is 2.45. The molecule has 0 heterocycles. The summed E-state index contributed by atoms with van der Waals surface area (Å²) in [6, 6.07) is 0. The number of hydrogen-bond acceptors (Lipinski definition) is 11. The normalized spacial score (nSPS) is 13.2. The molecule has 0 bridgehead atoms. The minimum Gasteiger partial charge on any atom is -0.502 e. The van der Waals surface area contributed by atoms with E-state index in [1.807, 2.05) is 32.7 Å². The van der Waals surface area contributed by atoms with Crippen molar-refractivity contribution in [2.24, 2.45) is 5.92 Å². The molecule has 0 aliphatic rings. The molecule has 0 amide bonds. The SMILES string of the molecule is C=C(C)C(=O)OC(C)(C)CC(C)(C)[Si](C)(OC)OC.CCC=COCCCC(CCCCCCCC)C(C)(OC)OC.CO[Si](OC)(OC)OC. The highest BCUT2D eigenvalue weighted by atomic mass is 28.4. The van der Waals surface area contributed by atoms with Crippen molar-refractivity contribution in [2.75, 3.05) is 63.5 Å². The molecule has 11 nitrogen and oxygen atoms in total. The Hall–Kier alpha value is -1.14. The van der Waals surface area contributed by atoms with Gasteiger partial charge in [-0.2, -0.15) is 0 Å². The third-order valence-electron chi connectivity index (χ3n) is 9.29. The minimum absolute atomic E-state index is 0.199. The van der Waals surface area contributed by atoms with Gasteiger partial charge in [0.2, 0.25) is 0 Å². The topological polar surface area (TPSA) is 109 Å². The predicted molar refractivity (Wildman–Crippen MR) is 212 cm³/mol. The predicted octanol–water partition coefficient (Wildman–Crippen LogP) is 9.51. The molecule has 0 aliphatic carbocycles. The van der Waals surface area contributed by atoms with Gasteiger partial charge >= 0.3 is 23.6 Å². The van der Waals surface area contributed by atoms with Crippen LogP contribution in [0.5, 0.6) is 0 Å². The molecule has 1 unspecified atom stereocenters. The van der Waals surface area contributed by atoms with Crippen LogP contribution in [0, 0.1) is 5.92 Å². The third-order valence-corrected chi connectivity index (χ3v) is 15.5. The van der Waals surface area contributed by atoms with Crippen LogP contribution >= 0.6 is 0 Å². The van der Waals surface area contributed by atoms with E-state index in [0.717, 1.165) is 32.3 Å². The summed E-state index contributed by atoms with van der Waals surface area (Å²) in [6.45, 7) is 22.4. The zero-order valence-electron chi connectivity index (χ0n) is 35.9. The molecule has 0 aromatic rings. The van der Waals surface area contributed by atoms with Crippen molar-refractivity contribution in [3.63, 3.8) is 0 Å². The van der Waals surface area contributed by atoms with Gasteiger partial charge in [0.05, 0.1) is 12.9 Å². The number of ether oxygens (including phenoxy) is 4. The molecule has 0 fully saturated rings. The first-order chi connectivity index (χ1) is 23.8. The minimum atomic E-state index is -2.69. The molecule has 0 N–H and O–H groups in total. The van der Waals surface area contributed by atoms with Crippen LogP contribution < -0.4 is 0 Å². The molecule has 306 valence electrons. The molecule has 0 saturated carbocycles. The van der Waals surface area contributed by atoms with Crippen LogP contribution in [0.25, 0.3) is 0 Å². The highest BCUT2D eigenvalue weighted by Gasteiger charge is 2.50. The van der Waals surface area contributed by atoms with Gasteiger partial charge in [-0.25, -0.2) is 4.79 Å². The lowest BCUT2D eigenvalue weighted by Crippen LogP contribution is -2.50. The highest BCUT2D eigenvalue weighted by molar-refractivity contribution is 6.69. The van der Waals surface area contributed by atoms with E-state index < -0.39 is 29.0 Å². The molecule has 0 spiro atoms. The van der Waals surface area contributed by atoms with Gasteiger partial charge in [-0.3, -0.25) is 0 Å². The van der Waals surface area contributed by atoms with Gasteiger partial charge in [-0.1, -0.05) is 78.9 Å². The summed E-state index contributed by atoms with van der Waals surface area (Å²) >= 11 is 0. The van der Waals surface area contributed by atoms with Crippen molar-refractivity contribution in [1.82, 2.24) is 0 Å². The summed E-state index contributed by atoms with van der Waals surface area (Å²) < 4.78 is 53.0. The Morgan fingerprint density at radius 1 is 0.725 bits per heavy atom. The molecular weight excluding hydrogens is 689 g/mol. The van der Waals surface area contributed by atoms with E-state index >= 15 is 0 Å². The second-order valence-electron chi connectivity index (χ2n) is 14.1. The maximum Gasteiger partial charge on any atom is 0.678 e. The summed E-state index contributed by atoms with van der Waals surface area (Å²) in [5.41, 5.74) is -0.186. The Morgan fingerprint density at radius 2 is 1.20 bits per heavy atom. The van der Waals surface area contributed by atoms with Crippen LogP contribution in [-0.4, -0.2) is 98.5 Å². The zero-order chi connectivity index (χ0) is 40.2. The fourth-order valence-electron chi connectivity index (χ4n) is 5.64. The van der Waals surface area contributed by atoms with E-state index in [-0.39, 0.29) is 11.0 Å². The van der Waals surface area contributed by atoms with E-state index in [9.17, 15) is 4.79 Å². The molecule has 13 heteroatoms. The lowest BCUT2D eigenvalue weighted by atomic mass is 9.88. The van der Waals surface area contributed by atoms with Crippen LogP contribution in [-0.2, 0) is 50.3 Å². The third kappa shape index (κ3) is 22.6. The molecule has 0 aliphatic heterocycles. The van der Waals surface area contributed by atoms with E-state index in [0.29, 0.717) is 17.9 Å². The zero-order valence-corrected chi connectivity index (χ0v) is 37.9. The van der Waals surface area contributed by atoms with Crippen molar-refractivity contribution in [3.05, 3.63) is 24.5 Å². The lowest BCUT2D eigenvalue weighted by Gasteiger charge is -2.42. The number of allylic oxidation sites excluding steroid dienone is 1. The van der Waals surface area contributed by atoms with E-state index in [4.69, 9.17) is 45.5 Å². The van der Waals surface area contributed by atoms with Crippen LogP contribution in [0.3, 0.4) is 0 Å². The van der Waals surface area contributed by atoms with Gasteiger partial charge in [0.25, 0.3) is 0 Å². The van der Waals surface area contributed by atoms with Gasteiger partial charge in [0, 0.05) is 73.4 Å². The summed E-state index contributed by atoms with van der Waals surface area (Å²) in [7, 11) is 7.78. The molecule has 0 radical (unpaired) electrons. The maximum absolute atomic E-state index is 11.7. The maximum atomic E-state index is 11.7. The Balaban J connectivity index is -0.000000739. The fraction of sp³-hybridized carbons (Fsp3) is 0.868. The molecule has 0 saturated heterocycles. The van der Waals surface area contributed by atoms with E-state index in [1.165, 1.54) is 67.0 Å². The van der Waals surface area contributed by atoms with Crippen LogP contribution in [0.15, 0.2) is 24.5 Å². The molecule has 51 heavy (non-hydrogen) atoms. The lowest BCUT2D eigenvalue weighted by molar-refractivity contribution is -0.230. The van der Waals surface area contributed by atoms with Gasteiger partial charge in [-0.15, -0.1) is 0 Å². The Labute approximate surface area is 316 Å². The molecule has 1 atom stereocenters. The summed E-state index contributed by atoms with van der Waals surface area (Å²) in [6.07, 6.45) is 16.8. The van der Waals surface area contributed by atoms with Crippen molar-refractivity contribution in [2.45, 2.75) is 149 Å². The van der Waals surface area contributed by atoms with Crippen LogP contribution in [0.1, 0.15) is 126 Å². The van der Waals surface area contributed by atoms with Crippen molar-refractivity contribution < 1.29 is 50.3 Å². The number of esters is 1. The van der Waals surface area contributed by atoms with Gasteiger partial charge in [-0.05, 0) is 66.3 Å². The molecule has 0 aromatic heterocycles. The average molecular weight is 769 g/mol. The van der Waals surface area contributed by atoms with Gasteiger partial charge in [0.15, 0.2) is 5.79 Å². The largest absolute Gasteiger partial charge is 0.678 e. The Bertz CT molecular complexity index is 883. The number of rotatable bonds is 27. The summed E-state index contributed by atoms with van der Waals surface area (Å²) in [5, 5.41) is -0.199. The molecule has 0 aromatic carbocycles. The number of carbonyl (C=O) groups excluding carboxylic acids is 1. The Morgan fingerprint density at radius 3 is 1.59 bits per heavy atom. The van der Waals surface area contributed by atoms with Crippen molar-refractivity contribution in [1.29, 1.82) is 0 Å². The summed E-state index contributed by atoms with van der Waals surface area (Å²) in [4.78, 5) is 11.7. The quantitative estimate of drug-likeness (QED) is 0.0199. The summed E-state index contributed by atoms with van der Waals surface area (Å²) in [5.74, 6) is -0.427. The fourth-order valence-corrected chi connectivity index (χ4v) is 8.66. The number of hydrogen-bond donors (Lipinski definition) is 0. The average Bonchev–Trinajstić information content (AvgIpc) is 3.10. The molecule has 0 rings (SSSR count). The molecular formula is C38H80O11Si2. The smallest absolute Gasteiger partial charge is 0.502 e. The first kappa shape index (κ1) is 54.2. The second-order valence-corrected chi connectivity index (χ2v) is 20.8. The Kier molecular flexibility index (Phi) is 31.1. The van der Waals surface area contributed by atoms with Gasteiger partial charge in [0.1, 0.15) is 5.60 Å². The first-order valence-corrected chi connectivity index (χ1v) is 22.3. The second kappa shape index (κ2) is 29.3.